The highest BCUT2D eigenvalue weighted by Crippen LogP contribution is 2.44. The molecule has 0 atom stereocenters. The van der Waals surface area contributed by atoms with Crippen molar-refractivity contribution in [3.05, 3.63) is 237 Å². The summed E-state index contributed by atoms with van der Waals surface area (Å²) >= 11 is 0. The van der Waals surface area contributed by atoms with Gasteiger partial charge in [-0.1, -0.05) is 188 Å². The lowest BCUT2D eigenvalue weighted by molar-refractivity contribution is 1.28. The zero-order valence-electron chi connectivity index (χ0n) is 33.5. The highest BCUT2D eigenvalue weighted by Gasteiger charge is 2.17. The van der Waals surface area contributed by atoms with E-state index in [9.17, 15) is 0 Å². The van der Waals surface area contributed by atoms with Crippen LogP contribution in [-0.2, 0) is 0 Å². The molecule has 0 aliphatic heterocycles. The topological polar surface area (TPSA) is 3.24 Å². The van der Waals surface area contributed by atoms with Gasteiger partial charge in [0, 0.05) is 17.1 Å². The van der Waals surface area contributed by atoms with Crippen LogP contribution in [0.5, 0.6) is 0 Å². The fourth-order valence-corrected chi connectivity index (χ4v) is 9.68. The molecule has 0 heterocycles. The van der Waals surface area contributed by atoms with Crippen molar-refractivity contribution in [2.45, 2.75) is 0 Å². The van der Waals surface area contributed by atoms with Gasteiger partial charge in [0.05, 0.1) is 0 Å². The molecular formula is C60H39N. The monoisotopic (exact) mass is 773 g/mol. The third-order valence-electron chi connectivity index (χ3n) is 12.6. The molecule has 0 saturated carbocycles. The third kappa shape index (κ3) is 5.93. The standard InChI is InChI=1S/C60H39N/c1-2-12-40(13-3-1)41-24-31-48(32-25-41)61(49-33-26-44(27-34-49)57-38-46-16-6-7-17-51(46)54-20-10-11-21-55(54)57)50-35-28-45(29-36-50)58-39-47-23-22-42-14-4-8-18-52(42)59(47)60-53-19-9-5-15-43(53)30-37-56(58)60/h1-39H. The van der Waals surface area contributed by atoms with Crippen LogP contribution in [0.15, 0.2) is 237 Å². The molecule has 0 aliphatic carbocycles. The molecule has 284 valence electrons. The molecule has 0 aromatic heterocycles. The van der Waals surface area contributed by atoms with E-state index in [1.54, 1.807) is 0 Å². The predicted molar refractivity (Wildman–Crippen MR) is 262 cm³/mol. The first-order valence-electron chi connectivity index (χ1n) is 21.1. The lowest BCUT2D eigenvalue weighted by atomic mass is 9.88. The van der Waals surface area contributed by atoms with Crippen LogP contribution >= 0.6 is 0 Å². The lowest BCUT2D eigenvalue weighted by Gasteiger charge is -2.26. The van der Waals surface area contributed by atoms with E-state index in [4.69, 9.17) is 0 Å². The Morgan fingerprint density at radius 1 is 0.213 bits per heavy atom. The summed E-state index contributed by atoms with van der Waals surface area (Å²) in [4.78, 5) is 2.37. The van der Waals surface area contributed by atoms with Gasteiger partial charge in [-0.2, -0.15) is 0 Å². The van der Waals surface area contributed by atoms with Crippen LogP contribution in [0.25, 0.3) is 98.0 Å². The number of rotatable bonds is 6. The average molecular weight is 774 g/mol. The Morgan fingerprint density at radius 2 is 0.623 bits per heavy atom. The van der Waals surface area contributed by atoms with Gasteiger partial charge in [-0.25, -0.2) is 0 Å². The first kappa shape index (κ1) is 35.0. The zero-order valence-corrected chi connectivity index (χ0v) is 33.5. The van der Waals surface area contributed by atoms with E-state index in [1.807, 2.05) is 0 Å². The van der Waals surface area contributed by atoms with Crippen molar-refractivity contribution < 1.29 is 0 Å². The van der Waals surface area contributed by atoms with Crippen LogP contribution in [0, 0.1) is 0 Å². The quantitative estimate of drug-likeness (QED) is 0.152. The van der Waals surface area contributed by atoms with E-state index in [1.165, 1.54) is 98.0 Å². The lowest BCUT2D eigenvalue weighted by Crippen LogP contribution is -2.09. The molecule has 0 fully saturated rings. The van der Waals surface area contributed by atoms with Crippen molar-refractivity contribution >= 4 is 81.7 Å². The van der Waals surface area contributed by atoms with Gasteiger partial charge >= 0.3 is 0 Å². The summed E-state index contributed by atoms with van der Waals surface area (Å²) in [5.74, 6) is 0. The van der Waals surface area contributed by atoms with Gasteiger partial charge in [-0.05, 0) is 147 Å². The van der Waals surface area contributed by atoms with Gasteiger partial charge < -0.3 is 4.90 Å². The molecule has 0 radical (unpaired) electrons. The van der Waals surface area contributed by atoms with Crippen molar-refractivity contribution in [3.8, 4) is 33.4 Å². The number of anilines is 3. The van der Waals surface area contributed by atoms with Gasteiger partial charge in [-0.3, -0.25) is 0 Å². The first-order valence-corrected chi connectivity index (χ1v) is 21.1. The Bertz CT molecular complexity index is 3600. The molecular weight excluding hydrogens is 735 g/mol. The molecule has 0 amide bonds. The van der Waals surface area contributed by atoms with Crippen LogP contribution in [0.3, 0.4) is 0 Å². The second-order valence-corrected chi connectivity index (χ2v) is 16.1. The fourth-order valence-electron chi connectivity index (χ4n) is 9.68. The molecule has 0 spiro atoms. The van der Waals surface area contributed by atoms with E-state index >= 15 is 0 Å². The van der Waals surface area contributed by atoms with Crippen molar-refractivity contribution in [1.29, 1.82) is 0 Å². The normalized spacial score (nSPS) is 11.6. The predicted octanol–water partition coefficient (Wildman–Crippen LogP) is 17.1. The molecule has 0 aliphatic rings. The molecule has 12 aromatic carbocycles. The van der Waals surface area contributed by atoms with Gasteiger partial charge in [0.25, 0.3) is 0 Å². The molecule has 0 bridgehead atoms. The van der Waals surface area contributed by atoms with Crippen molar-refractivity contribution in [2.24, 2.45) is 0 Å². The summed E-state index contributed by atoms with van der Waals surface area (Å²) in [6, 6.07) is 86.7. The van der Waals surface area contributed by atoms with Crippen molar-refractivity contribution in [1.82, 2.24) is 0 Å². The average Bonchev–Trinajstić information content (AvgIpc) is 3.34. The van der Waals surface area contributed by atoms with Crippen molar-refractivity contribution in [3.63, 3.8) is 0 Å². The van der Waals surface area contributed by atoms with E-state index < -0.39 is 0 Å². The summed E-state index contributed by atoms with van der Waals surface area (Å²) in [5, 5.41) is 15.3. The van der Waals surface area contributed by atoms with E-state index in [-0.39, 0.29) is 0 Å². The van der Waals surface area contributed by atoms with Gasteiger partial charge in [0.15, 0.2) is 0 Å². The van der Waals surface area contributed by atoms with Gasteiger partial charge in [-0.15, -0.1) is 0 Å². The number of fused-ring (bicyclic) bond motifs is 10. The Labute approximate surface area is 355 Å². The second-order valence-electron chi connectivity index (χ2n) is 16.1. The molecule has 1 heteroatoms. The maximum Gasteiger partial charge on any atom is 0.0462 e. The molecule has 0 unspecified atom stereocenters. The van der Waals surface area contributed by atoms with E-state index in [2.05, 4.69) is 241 Å². The fraction of sp³-hybridized carbons (Fsp3) is 0. The number of hydrogen-bond acceptors (Lipinski definition) is 1. The van der Waals surface area contributed by atoms with Crippen molar-refractivity contribution in [2.75, 3.05) is 4.90 Å². The number of hydrogen-bond donors (Lipinski definition) is 0. The SMILES string of the molecule is c1ccc(-c2ccc(N(c3ccc(-c4cc5ccccc5c5ccccc45)cc3)c3ccc(-c4cc5ccc6ccccc6c5c5c4ccc4ccccc45)cc3)cc2)cc1. The largest absolute Gasteiger partial charge is 0.311 e. The second kappa shape index (κ2) is 14.4. The third-order valence-corrected chi connectivity index (χ3v) is 12.6. The number of benzene rings is 12. The van der Waals surface area contributed by atoms with E-state index in [0.29, 0.717) is 0 Å². The highest BCUT2D eigenvalue weighted by atomic mass is 15.1. The van der Waals surface area contributed by atoms with Gasteiger partial charge in [0.2, 0.25) is 0 Å². The first-order chi connectivity index (χ1) is 30.2. The maximum absolute atomic E-state index is 2.39. The van der Waals surface area contributed by atoms with Crippen LogP contribution in [-0.4, -0.2) is 0 Å². The molecule has 61 heavy (non-hydrogen) atoms. The summed E-state index contributed by atoms with van der Waals surface area (Å²) in [6.45, 7) is 0. The molecule has 1 nitrogen and oxygen atoms in total. The van der Waals surface area contributed by atoms with Crippen LogP contribution in [0.2, 0.25) is 0 Å². The Balaban J connectivity index is 0.994. The zero-order chi connectivity index (χ0) is 40.3. The molecule has 12 aromatic rings. The van der Waals surface area contributed by atoms with E-state index in [0.717, 1.165) is 17.1 Å². The number of nitrogens with zero attached hydrogens (tertiary/aromatic N) is 1. The maximum atomic E-state index is 2.39. The Hall–Kier alpha value is -8.00. The smallest absolute Gasteiger partial charge is 0.0462 e. The van der Waals surface area contributed by atoms with Gasteiger partial charge in [0.1, 0.15) is 0 Å². The van der Waals surface area contributed by atoms with Crippen LogP contribution < -0.4 is 4.90 Å². The highest BCUT2D eigenvalue weighted by molar-refractivity contribution is 6.30. The van der Waals surface area contributed by atoms with Crippen LogP contribution in [0.1, 0.15) is 0 Å². The van der Waals surface area contributed by atoms with Crippen LogP contribution in [0.4, 0.5) is 17.1 Å². The summed E-state index contributed by atoms with van der Waals surface area (Å²) in [6.07, 6.45) is 0. The summed E-state index contributed by atoms with van der Waals surface area (Å²) in [7, 11) is 0. The molecule has 12 rings (SSSR count). The minimum absolute atomic E-state index is 1.10. The molecule has 0 saturated heterocycles. The minimum atomic E-state index is 1.10. The Kier molecular flexibility index (Phi) is 8.25. The summed E-state index contributed by atoms with van der Waals surface area (Å²) in [5.41, 5.74) is 10.6. The molecule has 0 N–H and O–H groups in total. The minimum Gasteiger partial charge on any atom is -0.311 e. The Morgan fingerprint density at radius 3 is 1.25 bits per heavy atom. The summed E-state index contributed by atoms with van der Waals surface area (Å²) < 4.78 is 0.